The van der Waals surface area contributed by atoms with Crippen molar-refractivity contribution in [3.8, 4) is 5.75 Å². The molecule has 48 heavy (non-hydrogen) atoms. The number of carbonyl (C=O) groups is 5. The molecule has 6 atom stereocenters. The predicted octanol–water partition coefficient (Wildman–Crippen LogP) is 6.55. The molecule has 244 valence electrons. The minimum Gasteiger partial charge on any atom is -0.507 e. The summed E-state index contributed by atoms with van der Waals surface area (Å²) < 4.78 is 14.1. The SMILES string of the molecule is C=CCc1cccc(C2C3=CCC4C(=O)N(c5ccc(C(C)=O)cc5)C(=O)C4C3CC3C(=O)N(c4ccc(F)c(Cl)c4)C(=O)C32C)c1O. The molecule has 3 aromatic carbocycles. The summed E-state index contributed by atoms with van der Waals surface area (Å²) in [5, 5.41) is 11.4. The van der Waals surface area contributed by atoms with E-state index in [4.69, 9.17) is 11.6 Å². The van der Waals surface area contributed by atoms with E-state index in [2.05, 4.69) is 6.58 Å². The standard InChI is InChI=1S/C38H32ClFN2O6/c1-4-6-21-7-5-8-26(33(21)44)32-24-14-15-25-31(36(47)41(34(25)45)22-11-9-20(10-12-22)19(2)43)27(24)18-28-35(46)42(37(48)38(28,32)3)23-13-16-30(40)29(39)17-23/h4-5,7-14,16-17,25,27-28,31-32,44H,1,6,15,18H2,2-3H3. The summed E-state index contributed by atoms with van der Waals surface area (Å²) in [5.74, 6) is -6.56. The molecule has 7 rings (SSSR count). The zero-order valence-electron chi connectivity index (χ0n) is 26.3. The number of imide groups is 2. The number of amides is 4. The van der Waals surface area contributed by atoms with E-state index in [-0.39, 0.29) is 41.0 Å². The number of halogens is 2. The van der Waals surface area contributed by atoms with Crippen LogP contribution in [-0.4, -0.2) is 34.5 Å². The number of anilines is 2. The first-order chi connectivity index (χ1) is 22.9. The maximum atomic E-state index is 14.6. The lowest BCUT2D eigenvalue weighted by Crippen LogP contribution is -2.49. The Morgan fingerprint density at radius 3 is 2.38 bits per heavy atom. The molecule has 1 N–H and O–H groups in total. The molecular weight excluding hydrogens is 635 g/mol. The molecule has 3 fully saturated rings. The number of ketones is 1. The highest BCUT2D eigenvalue weighted by Crippen LogP contribution is 2.64. The Bertz CT molecular complexity index is 1990. The number of hydrogen-bond acceptors (Lipinski definition) is 6. The molecule has 6 unspecified atom stereocenters. The maximum absolute atomic E-state index is 14.6. The van der Waals surface area contributed by atoms with Gasteiger partial charge in [-0.3, -0.25) is 28.9 Å². The number of carbonyl (C=O) groups excluding carboxylic acids is 5. The molecule has 2 heterocycles. The Hall–Kier alpha value is -4.89. The van der Waals surface area contributed by atoms with Crippen molar-refractivity contribution in [2.75, 3.05) is 9.80 Å². The number of phenolic OH excluding ortho intramolecular Hbond substituents is 1. The minimum atomic E-state index is -1.40. The van der Waals surface area contributed by atoms with Gasteiger partial charge in [-0.1, -0.05) is 47.5 Å². The number of nitrogens with zero attached hydrogens (tertiary/aromatic N) is 2. The average Bonchev–Trinajstić information content (AvgIpc) is 3.43. The first-order valence-electron chi connectivity index (χ1n) is 15.8. The second-order valence-corrected chi connectivity index (χ2v) is 13.6. The summed E-state index contributed by atoms with van der Waals surface area (Å²) in [6.45, 7) is 6.93. The third-order valence-electron chi connectivity index (χ3n) is 10.8. The monoisotopic (exact) mass is 666 g/mol. The van der Waals surface area contributed by atoms with E-state index in [1.54, 1.807) is 55.5 Å². The van der Waals surface area contributed by atoms with Crippen molar-refractivity contribution in [3.63, 3.8) is 0 Å². The van der Waals surface area contributed by atoms with Gasteiger partial charge in [0.15, 0.2) is 5.78 Å². The molecule has 0 aromatic heterocycles. The van der Waals surface area contributed by atoms with E-state index in [9.17, 15) is 33.5 Å². The van der Waals surface area contributed by atoms with Crippen LogP contribution in [0.25, 0.3) is 0 Å². The quantitative estimate of drug-likeness (QED) is 0.181. The summed E-state index contributed by atoms with van der Waals surface area (Å²) in [6.07, 6.45) is 4.26. The molecule has 2 saturated heterocycles. The van der Waals surface area contributed by atoms with Crippen LogP contribution in [0.15, 0.2) is 85.0 Å². The van der Waals surface area contributed by atoms with Crippen molar-refractivity contribution in [1.29, 1.82) is 0 Å². The van der Waals surface area contributed by atoms with Gasteiger partial charge in [0.1, 0.15) is 11.6 Å². The first kappa shape index (κ1) is 31.7. The van der Waals surface area contributed by atoms with E-state index in [1.807, 2.05) is 6.08 Å². The van der Waals surface area contributed by atoms with Crippen LogP contribution < -0.4 is 9.80 Å². The minimum absolute atomic E-state index is 0.0319. The van der Waals surface area contributed by atoms with Crippen LogP contribution >= 0.6 is 11.6 Å². The highest BCUT2D eigenvalue weighted by Gasteiger charge is 2.68. The summed E-state index contributed by atoms with van der Waals surface area (Å²) >= 11 is 6.08. The van der Waals surface area contributed by atoms with Crippen LogP contribution in [0.2, 0.25) is 5.02 Å². The van der Waals surface area contributed by atoms with Gasteiger partial charge in [0.2, 0.25) is 23.6 Å². The number of phenols is 1. The predicted molar refractivity (Wildman–Crippen MR) is 177 cm³/mol. The molecule has 4 aliphatic rings. The molecule has 1 saturated carbocycles. The number of Topliss-reactive ketones (excluding diaryl/α,β-unsaturated/α-hetero) is 1. The fraction of sp³-hybridized carbons (Fsp3) is 0.289. The second kappa shape index (κ2) is 11.4. The number of allylic oxidation sites excluding steroid dienone is 3. The van der Waals surface area contributed by atoms with Gasteiger partial charge >= 0.3 is 0 Å². The van der Waals surface area contributed by atoms with E-state index < -0.39 is 58.5 Å². The molecule has 0 spiro atoms. The zero-order valence-corrected chi connectivity index (χ0v) is 27.0. The van der Waals surface area contributed by atoms with Gasteiger partial charge in [0.25, 0.3) is 0 Å². The number of hydrogen-bond donors (Lipinski definition) is 1. The van der Waals surface area contributed by atoms with E-state index in [0.717, 1.165) is 21.4 Å². The third kappa shape index (κ3) is 4.44. The molecule has 0 bridgehead atoms. The highest BCUT2D eigenvalue weighted by molar-refractivity contribution is 6.32. The average molecular weight is 667 g/mol. The van der Waals surface area contributed by atoms with Gasteiger partial charge in [0, 0.05) is 17.0 Å². The number of para-hydroxylation sites is 1. The Labute approximate surface area is 281 Å². The summed E-state index contributed by atoms with van der Waals surface area (Å²) in [4.78, 5) is 71.1. The van der Waals surface area contributed by atoms with Crippen LogP contribution in [0.4, 0.5) is 15.8 Å². The maximum Gasteiger partial charge on any atom is 0.241 e. The fourth-order valence-corrected chi connectivity index (χ4v) is 8.67. The molecule has 2 aliphatic carbocycles. The van der Waals surface area contributed by atoms with Gasteiger partial charge in [0.05, 0.1) is 39.6 Å². The number of fused-ring (bicyclic) bond motifs is 4. The molecular formula is C38H32ClFN2O6. The fourth-order valence-electron chi connectivity index (χ4n) is 8.49. The van der Waals surface area contributed by atoms with Crippen molar-refractivity contribution in [2.24, 2.45) is 29.1 Å². The molecule has 2 aliphatic heterocycles. The topological polar surface area (TPSA) is 112 Å². The van der Waals surface area contributed by atoms with Crippen LogP contribution in [-0.2, 0) is 25.6 Å². The van der Waals surface area contributed by atoms with Gasteiger partial charge in [-0.05, 0) is 87.1 Å². The van der Waals surface area contributed by atoms with Crippen molar-refractivity contribution in [2.45, 2.75) is 39.0 Å². The molecule has 10 heteroatoms. The van der Waals surface area contributed by atoms with Gasteiger partial charge < -0.3 is 5.11 Å². The molecule has 8 nitrogen and oxygen atoms in total. The Kier molecular flexibility index (Phi) is 7.51. The van der Waals surface area contributed by atoms with Crippen molar-refractivity contribution in [1.82, 2.24) is 0 Å². The Balaban J connectivity index is 1.37. The van der Waals surface area contributed by atoms with E-state index in [1.165, 1.54) is 19.1 Å². The second-order valence-electron chi connectivity index (χ2n) is 13.2. The molecule has 4 amide bonds. The van der Waals surface area contributed by atoms with Crippen LogP contribution in [0, 0.1) is 34.9 Å². The van der Waals surface area contributed by atoms with E-state index >= 15 is 0 Å². The summed E-state index contributed by atoms with van der Waals surface area (Å²) in [6, 6.07) is 15.2. The van der Waals surface area contributed by atoms with Crippen LogP contribution in [0.3, 0.4) is 0 Å². The zero-order chi connectivity index (χ0) is 34.2. The van der Waals surface area contributed by atoms with Gasteiger partial charge in [-0.25, -0.2) is 9.29 Å². The van der Waals surface area contributed by atoms with Crippen LogP contribution in [0.5, 0.6) is 5.75 Å². The van der Waals surface area contributed by atoms with Crippen molar-refractivity contribution < 1.29 is 33.5 Å². The largest absolute Gasteiger partial charge is 0.507 e. The van der Waals surface area contributed by atoms with Crippen molar-refractivity contribution in [3.05, 3.63) is 112 Å². The Morgan fingerprint density at radius 2 is 1.71 bits per heavy atom. The van der Waals surface area contributed by atoms with E-state index in [0.29, 0.717) is 28.8 Å². The van der Waals surface area contributed by atoms with Gasteiger partial charge in [-0.2, -0.15) is 0 Å². The smallest absolute Gasteiger partial charge is 0.241 e. The number of aromatic hydroxyl groups is 1. The Morgan fingerprint density at radius 1 is 1.00 bits per heavy atom. The molecule has 3 aromatic rings. The van der Waals surface area contributed by atoms with Gasteiger partial charge in [-0.15, -0.1) is 6.58 Å². The molecule has 0 radical (unpaired) electrons. The lowest BCUT2D eigenvalue weighted by molar-refractivity contribution is -0.131. The summed E-state index contributed by atoms with van der Waals surface area (Å²) in [7, 11) is 0. The van der Waals surface area contributed by atoms with Crippen molar-refractivity contribution >= 4 is 52.4 Å². The summed E-state index contributed by atoms with van der Waals surface area (Å²) in [5.41, 5.74) is 1.27. The highest BCUT2D eigenvalue weighted by atomic mass is 35.5. The number of benzene rings is 3. The third-order valence-corrected chi connectivity index (χ3v) is 11.1. The lowest BCUT2D eigenvalue weighted by Gasteiger charge is -2.49. The normalized spacial score (nSPS) is 27.8. The van der Waals surface area contributed by atoms with Crippen LogP contribution in [0.1, 0.15) is 54.1 Å². The lowest BCUT2D eigenvalue weighted by atomic mass is 9.51. The number of rotatable bonds is 6. The first-order valence-corrected chi connectivity index (χ1v) is 16.2.